The van der Waals surface area contributed by atoms with Crippen LogP contribution in [0.4, 0.5) is 0 Å². The van der Waals surface area contributed by atoms with Gasteiger partial charge >= 0.3 is 0 Å². The Labute approximate surface area is 200 Å². The van der Waals surface area contributed by atoms with E-state index in [-0.39, 0.29) is 23.5 Å². The van der Waals surface area contributed by atoms with Crippen LogP contribution in [0.5, 0.6) is 5.75 Å². The lowest BCUT2D eigenvalue weighted by molar-refractivity contribution is -0.136. The molecule has 33 heavy (non-hydrogen) atoms. The number of methoxy groups -OCH3 is 1. The van der Waals surface area contributed by atoms with E-state index in [9.17, 15) is 4.79 Å². The van der Waals surface area contributed by atoms with Gasteiger partial charge in [-0.3, -0.25) is 9.69 Å². The van der Waals surface area contributed by atoms with Gasteiger partial charge in [0.2, 0.25) is 0 Å². The number of piperidine rings is 1. The van der Waals surface area contributed by atoms with Gasteiger partial charge in [0.15, 0.2) is 0 Å². The van der Waals surface area contributed by atoms with Gasteiger partial charge in [-0.15, -0.1) is 0 Å². The second kappa shape index (κ2) is 8.30. The van der Waals surface area contributed by atoms with Crippen molar-refractivity contribution in [3.63, 3.8) is 0 Å². The zero-order valence-electron chi connectivity index (χ0n) is 19.1. The van der Waals surface area contributed by atoms with Crippen molar-refractivity contribution in [1.82, 2.24) is 10.2 Å². The second-order valence-electron chi connectivity index (χ2n) is 10.3. The van der Waals surface area contributed by atoms with Crippen molar-refractivity contribution >= 4 is 17.5 Å². The number of amides is 1. The summed E-state index contributed by atoms with van der Waals surface area (Å²) < 4.78 is 12.3. The number of carbonyl (C=O) groups is 1. The first-order chi connectivity index (χ1) is 16.1. The van der Waals surface area contributed by atoms with Crippen LogP contribution in [-0.2, 0) is 16.6 Å². The van der Waals surface area contributed by atoms with Crippen molar-refractivity contribution in [1.29, 1.82) is 0 Å². The molecule has 1 N–H and O–H groups in total. The van der Waals surface area contributed by atoms with Crippen molar-refractivity contribution in [2.45, 2.75) is 55.7 Å². The third-order valence-electron chi connectivity index (χ3n) is 8.21. The van der Waals surface area contributed by atoms with Crippen molar-refractivity contribution in [2.24, 2.45) is 5.92 Å². The molecular formula is C27H31ClN2O3. The minimum Gasteiger partial charge on any atom is -0.497 e. The summed E-state index contributed by atoms with van der Waals surface area (Å²) in [6, 6.07) is 14.0. The van der Waals surface area contributed by atoms with E-state index >= 15 is 0 Å². The maximum Gasteiger partial charge on any atom is 0.251 e. The van der Waals surface area contributed by atoms with Gasteiger partial charge in [-0.2, -0.15) is 0 Å². The van der Waals surface area contributed by atoms with E-state index in [2.05, 4.69) is 28.4 Å². The minimum atomic E-state index is -0.0942. The molecule has 5 nitrogen and oxygen atoms in total. The largest absolute Gasteiger partial charge is 0.497 e. The maximum absolute atomic E-state index is 12.9. The summed E-state index contributed by atoms with van der Waals surface area (Å²) in [5, 5.41) is 3.88. The van der Waals surface area contributed by atoms with Crippen LogP contribution in [0, 0.1) is 5.92 Å². The highest BCUT2D eigenvalue weighted by Crippen LogP contribution is 2.52. The van der Waals surface area contributed by atoms with E-state index < -0.39 is 0 Å². The van der Waals surface area contributed by atoms with Crippen LogP contribution in [0.3, 0.4) is 0 Å². The topological polar surface area (TPSA) is 50.8 Å². The second-order valence-corrected chi connectivity index (χ2v) is 10.7. The normalized spacial score (nSPS) is 30.8. The SMILES string of the molecule is COc1ccc2c(c1)[C@@]13CCN(CC4CC4)[C@@H](C2)C1OCC(NC(=O)c1ccc(Cl)cc1)C3. The molecule has 174 valence electrons. The summed E-state index contributed by atoms with van der Waals surface area (Å²) in [6.45, 7) is 2.84. The van der Waals surface area contributed by atoms with Gasteiger partial charge in [-0.25, -0.2) is 0 Å². The summed E-state index contributed by atoms with van der Waals surface area (Å²) in [6.07, 6.45) is 5.87. The third-order valence-corrected chi connectivity index (χ3v) is 8.46. The number of benzene rings is 2. The molecule has 2 heterocycles. The molecule has 4 atom stereocenters. The lowest BCUT2D eigenvalue weighted by Gasteiger charge is -2.59. The van der Waals surface area contributed by atoms with Crippen molar-refractivity contribution in [2.75, 3.05) is 26.8 Å². The molecule has 2 bridgehead atoms. The van der Waals surface area contributed by atoms with Gasteiger partial charge in [0.05, 0.1) is 25.9 Å². The Morgan fingerprint density at radius 2 is 2.06 bits per heavy atom. The van der Waals surface area contributed by atoms with Gasteiger partial charge in [-0.05, 0) is 92.1 Å². The Bertz CT molecular complexity index is 1050. The number of ether oxygens (including phenoxy) is 2. The molecule has 0 spiro atoms. The van der Waals surface area contributed by atoms with Crippen LogP contribution in [-0.4, -0.2) is 55.8 Å². The van der Waals surface area contributed by atoms with E-state index in [1.807, 2.05) is 0 Å². The number of halogens is 1. The average Bonchev–Trinajstić information content (AvgIpc) is 3.65. The summed E-state index contributed by atoms with van der Waals surface area (Å²) in [5.41, 5.74) is 3.30. The quantitative estimate of drug-likeness (QED) is 0.717. The van der Waals surface area contributed by atoms with Crippen molar-refractivity contribution in [3.05, 3.63) is 64.2 Å². The number of rotatable bonds is 5. The smallest absolute Gasteiger partial charge is 0.251 e. The molecule has 0 radical (unpaired) electrons. The molecule has 1 amide bonds. The fourth-order valence-electron chi connectivity index (χ4n) is 6.42. The number of carbonyl (C=O) groups excluding carboxylic acids is 1. The van der Waals surface area contributed by atoms with Crippen LogP contribution in [0.15, 0.2) is 42.5 Å². The Morgan fingerprint density at radius 3 is 2.82 bits per heavy atom. The number of nitrogens with zero attached hydrogens (tertiary/aromatic N) is 1. The Hall–Kier alpha value is -2.08. The van der Waals surface area contributed by atoms with Gasteiger partial charge in [0.25, 0.3) is 5.91 Å². The van der Waals surface area contributed by atoms with Gasteiger partial charge < -0.3 is 14.8 Å². The summed E-state index contributed by atoms with van der Waals surface area (Å²) in [4.78, 5) is 15.6. The van der Waals surface area contributed by atoms with Gasteiger partial charge in [0.1, 0.15) is 5.75 Å². The molecule has 6 rings (SSSR count). The monoisotopic (exact) mass is 466 g/mol. The summed E-state index contributed by atoms with van der Waals surface area (Å²) >= 11 is 6.00. The zero-order chi connectivity index (χ0) is 22.6. The molecule has 2 aromatic rings. The fourth-order valence-corrected chi connectivity index (χ4v) is 6.55. The first kappa shape index (κ1) is 21.5. The van der Waals surface area contributed by atoms with Gasteiger partial charge in [-0.1, -0.05) is 17.7 Å². The molecule has 2 aliphatic heterocycles. The number of likely N-dealkylation sites (tertiary alicyclic amines) is 1. The maximum atomic E-state index is 12.9. The standard InChI is InChI=1S/C27H31ClN2O3/c1-32-22-9-6-19-12-24-25-27(23(19)13-22,10-11-30(24)15-17-2-3-17)14-21(16-33-25)29-26(31)18-4-7-20(28)8-5-18/h4-9,13,17,21,24-25H,2-3,10-12,14-16H2,1H3,(H,29,31)/t21?,24-,25?,27-/m0/s1. The molecule has 0 aromatic heterocycles. The van der Waals surface area contributed by atoms with E-state index in [0.29, 0.717) is 23.2 Å². The Balaban J connectivity index is 1.30. The average molecular weight is 467 g/mol. The van der Waals surface area contributed by atoms with Crippen LogP contribution in [0.25, 0.3) is 0 Å². The van der Waals surface area contributed by atoms with Crippen LogP contribution >= 0.6 is 11.6 Å². The summed E-state index contributed by atoms with van der Waals surface area (Å²) in [5.74, 6) is 1.69. The highest BCUT2D eigenvalue weighted by atomic mass is 35.5. The van der Waals surface area contributed by atoms with Crippen molar-refractivity contribution in [3.8, 4) is 5.75 Å². The van der Waals surface area contributed by atoms with E-state index in [1.54, 1.807) is 31.4 Å². The van der Waals surface area contributed by atoms with Crippen LogP contribution in [0.1, 0.15) is 47.2 Å². The molecule has 1 saturated carbocycles. The molecule has 2 saturated heterocycles. The number of nitrogens with one attached hydrogen (secondary N) is 1. The lowest BCUT2D eigenvalue weighted by atomic mass is 9.58. The van der Waals surface area contributed by atoms with Gasteiger partial charge in [0, 0.05) is 28.6 Å². The molecule has 2 aliphatic carbocycles. The zero-order valence-corrected chi connectivity index (χ0v) is 19.8. The third kappa shape index (κ3) is 3.84. The van der Waals surface area contributed by atoms with Crippen LogP contribution in [0.2, 0.25) is 5.02 Å². The highest BCUT2D eigenvalue weighted by Gasteiger charge is 2.57. The molecule has 4 aliphatic rings. The Kier molecular flexibility index (Phi) is 5.39. The molecule has 2 aromatic carbocycles. The Morgan fingerprint density at radius 1 is 1.24 bits per heavy atom. The van der Waals surface area contributed by atoms with E-state index in [1.165, 1.54) is 30.5 Å². The molecule has 3 fully saturated rings. The van der Waals surface area contributed by atoms with Crippen molar-refractivity contribution < 1.29 is 14.3 Å². The highest BCUT2D eigenvalue weighted by molar-refractivity contribution is 6.30. The molecule has 6 heteroatoms. The minimum absolute atomic E-state index is 0.0304. The van der Waals surface area contributed by atoms with E-state index in [4.69, 9.17) is 21.1 Å². The van der Waals surface area contributed by atoms with Crippen LogP contribution < -0.4 is 10.1 Å². The number of fused-ring (bicyclic) bond motifs is 1. The predicted molar refractivity (Wildman–Crippen MR) is 128 cm³/mol. The summed E-state index contributed by atoms with van der Waals surface area (Å²) in [7, 11) is 1.73. The first-order valence-electron chi connectivity index (χ1n) is 12.2. The van der Waals surface area contributed by atoms with E-state index in [0.717, 1.165) is 37.5 Å². The number of hydrogen-bond acceptors (Lipinski definition) is 4. The first-order valence-corrected chi connectivity index (χ1v) is 12.5. The lowest BCUT2D eigenvalue weighted by Crippen LogP contribution is -2.68. The molecular weight excluding hydrogens is 436 g/mol. The predicted octanol–water partition coefficient (Wildman–Crippen LogP) is 4.21. The number of hydrogen-bond donors (Lipinski definition) is 1. The fraction of sp³-hybridized carbons (Fsp3) is 0.519. The molecule has 2 unspecified atom stereocenters.